The summed E-state index contributed by atoms with van der Waals surface area (Å²) in [6, 6.07) is 26.9. The topological polar surface area (TPSA) is 68.3 Å². The van der Waals surface area contributed by atoms with Crippen molar-refractivity contribution in [1.82, 2.24) is 4.98 Å². The third kappa shape index (κ3) is 7.87. The first-order chi connectivity index (χ1) is 19.6. The second-order valence-corrected chi connectivity index (χ2v) is 9.30. The Bertz CT molecular complexity index is 1480. The Morgan fingerprint density at radius 2 is 1.60 bits per heavy atom. The monoisotopic (exact) mass is 530 g/mol. The van der Waals surface area contributed by atoms with E-state index in [-0.39, 0.29) is 18.1 Å². The van der Waals surface area contributed by atoms with E-state index < -0.39 is 0 Å². The molecule has 40 heavy (non-hydrogen) atoms. The van der Waals surface area contributed by atoms with Crippen LogP contribution >= 0.6 is 0 Å². The van der Waals surface area contributed by atoms with Crippen LogP contribution < -0.4 is 10.1 Å². The van der Waals surface area contributed by atoms with Crippen LogP contribution in [0.4, 0.5) is 5.69 Å². The lowest BCUT2D eigenvalue weighted by molar-refractivity contribution is -0.115. The third-order valence-corrected chi connectivity index (χ3v) is 6.48. The molecule has 4 aromatic rings. The molecule has 0 aliphatic heterocycles. The highest BCUT2D eigenvalue weighted by molar-refractivity contribution is 6.07. The van der Waals surface area contributed by atoms with Crippen molar-refractivity contribution in [3.05, 3.63) is 137 Å². The molecule has 0 unspecified atom stereocenters. The standard InChI is InChI=1S/C35H34N2O3/c1-3-28-16-9-17-29(4-2)34(28)37-33(39)25-27-14-8-18-31(24-27)32(38)21-20-30-19-10-22-36-35(30)40-23-11-15-26-12-6-5-7-13-26/h5-22,24H,3-4,23,25H2,1-2H3,(H,37,39). The number of allylic oxidation sites excluding steroid dienone is 1. The van der Waals surface area contributed by atoms with Gasteiger partial charge in [0, 0.05) is 23.0 Å². The number of ketones is 1. The first-order valence-corrected chi connectivity index (χ1v) is 13.6. The van der Waals surface area contributed by atoms with Crippen molar-refractivity contribution in [1.29, 1.82) is 0 Å². The SMILES string of the molecule is CCc1cccc(CC)c1NC(=O)Cc1cccc(C(=O)C=Cc2cccnc2OCC=Cc2ccccc2)c1. The third-order valence-electron chi connectivity index (χ3n) is 6.48. The van der Waals surface area contributed by atoms with Gasteiger partial charge in [-0.05, 0) is 71.5 Å². The molecule has 0 saturated heterocycles. The molecule has 4 rings (SSSR count). The predicted octanol–water partition coefficient (Wildman–Crippen LogP) is 7.38. The number of aromatic nitrogens is 1. The second kappa shape index (κ2) is 14.4. The molecule has 0 spiro atoms. The van der Waals surface area contributed by atoms with Gasteiger partial charge in [-0.25, -0.2) is 4.98 Å². The van der Waals surface area contributed by atoms with Gasteiger partial charge in [-0.15, -0.1) is 0 Å². The van der Waals surface area contributed by atoms with E-state index in [1.807, 2.05) is 72.8 Å². The maximum Gasteiger partial charge on any atom is 0.228 e. The number of carbonyl (C=O) groups excluding carboxylic acids is 2. The van der Waals surface area contributed by atoms with E-state index in [1.54, 1.807) is 36.5 Å². The number of nitrogens with zero attached hydrogens (tertiary/aromatic N) is 1. The fourth-order valence-corrected chi connectivity index (χ4v) is 4.39. The molecule has 0 atom stereocenters. The number of ether oxygens (including phenoxy) is 1. The number of carbonyl (C=O) groups is 2. The Balaban J connectivity index is 1.39. The number of nitrogens with one attached hydrogen (secondary N) is 1. The van der Waals surface area contributed by atoms with Gasteiger partial charge in [-0.1, -0.05) is 86.7 Å². The number of aryl methyl sites for hydroxylation is 2. The first-order valence-electron chi connectivity index (χ1n) is 13.6. The van der Waals surface area contributed by atoms with Crippen LogP contribution in [0.5, 0.6) is 5.88 Å². The highest BCUT2D eigenvalue weighted by atomic mass is 16.5. The van der Waals surface area contributed by atoms with Gasteiger partial charge in [-0.3, -0.25) is 9.59 Å². The van der Waals surface area contributed by atoms with Gasteiger partial charge in [-0.2, -0.15) is 0 Å². The number of rotatable bonds is 12. The minimum absolute atomic E-state index is 0.103. The summed E-state index contributed by atoms with van der Waals surface area (Å²) < 4.78 is 5.84. The molecule has 0 radical (unpaired) electrons. The molecule has 0 aliphatic rings. The van der Waals surface area contributed by atoms with E-state index in [4.69, 9.17) is 4.74 Å². The highest BCUT2D eigenvalue weighted by Gasteiger charge is 2.12. The fourth-order valence-electron chi connectivity index (χ4n) is 4.39. The number of pyridine rings is 1. The molecule has 0 fully saturated rings. The van der Waals surface area contributed by atoms with E-state index in [0.717, 1.165) is 40.8 Å². The first kappa shape index (κ1) is 28.2. The summed E-state index contributed by atoms with van der Waals surface area (Å²) in [7, 11) is 0. The normalized spacial score (nSPS) is 11.2. The number of anilines is 1. The number of hydrogen-bond donors (Lipinski definition) is 1. The van der Waals surface area contributed by atoms with Gasteiger partial charge in [0.15, 0.2) is 5.78 Å². The highest BCUT2D eigenvalue weighted by Crippen LogP contribution is 2.23. The quantitative estimate of drug-likeness (QED) is 0.153. The van der Waals surface area contributed by atoms with Crippen LogP contribution in [-0.2, 0) is 24.1 Å². The Morgan fingerprint density at radius 3 is 2.35 bits per heavy atom. The molecule has 0 aliphatic carbocycles. The minimum Gasteiger partial charge on any atom is -0.473 e. The summed E-state index contributed by atoms with van der Waals surface area (Å²) in [5, 5.41) is 3.10. The van der Waals surface area contributed by atoms with Gasteiger partial charge < -0.3 is 10.1 Å². The lowest BCUT2D eigenvalue weighted by Crippen LogP contribution is -2.17. The molecular weight excluding hydrogens is 496 g/mol. The molecule has 1 heterocycles. The summed E-state index contributed by atoms with van der Waals surface area (Å²) in [6.07, 6.45) is 10.7. The molecular formula is C35H34N2O3. The van der Waals surface area contributed by atoms with Crippen LogP contribution in [0.2, 0.25) is 0 Å². The Hall–Kier alpha value is -4.77. The summed E-state index contributed by atoms with van der Waals surface area (Å²) in [5.41, 5.74) is 6.23. The molecule has 202 valence electrons. The van der Waals surface area contributed by atoms with Crippen LogP contribution in [0.25, 0.3) is 12.2 Å². The molecule has 5 heteroatoms. The van der Waals surface area contributed by atoms with Crippen LogP contribution in [0.15, 0.2) is 103 Å². The Labute approximate surface area is 236 Å². The van der Waals surface area contributed by atoms with E-state index in [1.165, 1.54) is 6.08 Å². The van der Waals surface area contributed by atoms with Crippen molar-refractivity contribution in [3.8, 4) is 5.88 Å². The molecule has 3 aromatic carbocycles. The van der Waals surface area contributed by atoms with Crippen LogP contribution in [-0.4, -0.2) is 23.3 Å². The van der Waals surface area contributed by atoms with Gasteiger partial charge in [0.05, 0.1) is 6.42 Å². The second-order valence-electron chi connectivity index (χ2n) is 9.30. The van der Waals surface area contributed by atoms with Crippen molar-refractivity contribution < 1.29 is 14.3 Å². The summed E-state index contributed by atoms with van der Waals surface area (Å²) in [4.78, 5) is 30.2. The Morgan fingerprint density at radius 1 is 0.850 bits per heavy atom. The van der Waals surface area contributed by atoms with Crippen molar-refractivity contribution in [2.24, 2.45) is 0 Å². The van der Waals surface area contributed by atoms with Gasteiger partial charge >= 0.3 is 0 Å². The van der Waals surface area contributed by atoms with Crippen molar-refractivity contribution >= 4 is 29.5 Å². The van der Waals surface area contributed by atoms with E-state index in [9.17, 15) is 9.59 Å². The number of para-hydroxylation sites is 1. The van der Waals surface area contributed by atoms with Crippen LogP contribution in [0.1, 0.15) is 52.0 Å². The number of hydrogen-bond acceptors (Lipinski definition) is 4. The number of benzene rings is 3. The molecule has 1 aromatic heterocycles. The van der Waals surface area contributed by atoms with E-state index in [2.05, 4.69) is 24.1 Å². The Kier molecular flexibility index (Phi) is 10.2. The number of amides is 1. The maximum absolute atomic E-state index is 13.0. The van der Waals surface area contributed by atoms with Crippen molar-refractivity contribution in [3.63, 3.8) is 0 Å². The van der Waals surface area contributed by atoms with E-state index >= 15 is 0 Å². The smallest absolute Gasteiger partial charge is 0.228 e. The molecule has 5 nitrogen and oxygen atoms in total. The largest absolute Gasteiger partial charge is 0.473 e. The zero-order valence-corrected chi connectivity index (χ0v) is 23.0. The summed E-state index contributed by atoms with van der Waals surface area (Å²) in [6.45, 7) is 4.51. The van der Waals surface area contributed by atoms with Crippen LogP contribution in [0.3, 0.4) is 0 Å². The lowest BCUT2D eigenvalue weighted by atomic mass is 10.0. The van der Waals surface area contributed by atoms with Crippen molar-refractivity contribution in [2.45, 2.75) is 33.1 Å². The maximum atomic E-state index is 13.0. The fraction of sp³-hybridized carbons (Fsp3) is 0.171. The van der Waals surface area contributed by atoms with Gasteiger partial charge in [0.1, 0.15) is 6.61 Å². The molecule has 1 N–H and O–H groups in total. The summed E-state index contributed by atoms with van der Waals surface area (Å²) in [5.74, 6) is 0.188. The van der Waals surface area contributed by atoms with Gasteiger partial charge in [0.2, 0.25) is 11.8 Å². The minimum atomic E-state index is -0.161. The van der Waals surface area contributed by atoms with Crippen molar-refractivity contribution in [2.75, 3.05) is 11.9 Å². The molecule has 0 saturated carbocycles. The average Bonchev–Trinajstić information content (AvgIpc) is 2.99. The predicted molar refractivity (Wildman–Crippen MR) is 163 cm³/mol. The van der Waals surface area contributed by atoms with Gasteiger partial charge in [0.25, 0.3) is 0 Å². The zero-order chi connectivity index (χ0) is 28.2. The summed E-state index contributed by atoms with van der Waals surface area (Å²) >= 11 is 0. The molecule has 1 amide bonds. The van der Waals surface area contributed by atoms with Crippen LogP contribution in [0, 0.1) is 0 Å². The lowest BCUT2D eigenvalue weighted by Gasteiger charge is -2.14. The molecule has 0 bridgehead atoms. The average molecular weight is 531 g/mol. The zero-order valence-electron chi connectivity index (χ0n) is 23.0. The van der Waals surface area contributed by atoms with E-state index in [0.29, 0.717) is 23.6 Å².